The largest absolute Gasteiger partial charge is 0.393 e. The first-order chi connectivity index (χ1) is 14.9. The van der Waals surface area contributed by atoms with E-state index in [1.165, 1.54) is 56.9 Å². The SMILES string of the molecule is C=C(C)C(C)CC=C(C)C1CCC2(C)C3CCC4C(C)(C)C(O)CCC45CC35CCC12C. The second-order valence-corrected chi connectivity index (χ2v) is 14.4. The van der Waals surface area contributed by atoms with Gasteiger partial charge in [0.1, 0.15) is 0 Å². The number of rotatable bonds is 4. The van der Waals surface area contributed by atoms with Gasteiger partial charge in [-0.05, 0) is 129 Å². The van der Waals surface area contributed by atoms with Crippen LogP contribution >= 0.6 is 0 Å². The van der Waals surface area contributed by atoms with Crippen LogP contribution in [0, 0.1) is 50.7 Å². The van der Waals surface area contributed by atoms with Crippen molar-refractivity contribution in [1.82, 2.24) is 0 Å². The van der Waals surface area contributed by atoms with Crippen molar-refractivity contribution >= 4 is 0 Å². The Kier molecular flexibility index (Phi) is 5.07. The number of aliphatic hydroxyl groups is 1. The highest BCUT2D eigenvalue weighted by molar-refractivity contribution is 5.32. The van der Waals surface area contributed by atoms with Crippen molar-refractivity contribution in [2.45, 2.75) is 119 Å². The molecule has 5 fully saturated rings. The molecular weight excluding hydrogens is 388 g/mol. The molecule has 0 amide bonds. The maximum absolute atomic E-state index is 10.9. The molecule has 0 saturated heterocycles. The third-order valence-electron chi connectivity index (χ3n) is 13.3. The van der Waals surface area contributed by atoms with Gasteiger partial charge in [0.2, 0.25) is 0 Å². The quantitative estimate of drug-likeness (QED) is 0.437. The summed E-state index contributed by atoms with van der Waals surface area (Å²) in [4.78, 5) is 0. The monoisotopic (exact) mass is 438 g/mol. The molecule has 1 heteroatoms. The standard InChI is InChI=1S/C31H50O/c1-20(2)21(3)9-10-22(4)23-13-15-29(8)25-12-11-24-27(5,6)26(32)14-16-30(24)19-31(25,30)18-17-28(23,29)7/h10,21,23-26,32H,1,9,11-19H2,2-8H3. The Morgan fingerprint density at radius 2 is 1.56 bits per heavy atom. The van der Waals surface area contributed by atoms with Crippen molar-refractivity contribution in [3.8, 4) is 0 Å². The fourth-order valence-electron chi connectivity index (χ4n) is 10.8. The first kappa shape index (κ1) is 23.2. The van der Waals surface area contributed by atoms with Gasteiger partial charge in [-0.25, -0.2) is 0 Å². The fraction of sp³-hybridized carbons (Fsp3) is 0.871. The Bertz CT molecular complexity index is 835. The normalized spacial score (nSPS) is 52.3. The van der Waals surface area contributed by atoms with E-state index in [1.807, 2.05) is 0 Å². The highest BCUT2D eigenvalue weighted by atomic mass is 16.3. The van der Waals surface area contributed by atoms with Crippen LogP contribution in [-0.4, -0.2) is 11.2 Å². The molecule has 0 radical (unpaired) electrons. The first-order valence-corrected chi connectivity index (χ1v) is 13.9. The zero-order valence-electron chi connectivity index (χ0n) is 22.2. The summed E-state index contributed by atoms with van der Waals surface area (Å²) in [5.41, 5.74) is 5.18. The molecule has 2 spiro atoms. The summed E-state index contributed by atoms with van der Waals surface area (Å²) < 4.78 is 0. The number of allylic oxidation sites excluding steroid dienone is 3. The highest BCUT2D eigenvalue weighted by Crippen LogP contribution is 2.89. The predicted octanol–water partition coefficient (Wildman–Crippen LogP) is 8.34. The van der Waals surface area contributed by atoms with Gasteiger partial charge >= 0.3 is 0 Å². The van der Waals surface area contributed by atoms with Gasteiger partial charge in [-0.15, -0.1) is 0 Å². The van der Waals surface area contributed by atoms with Crippen LogP contribution in [0.2, 0.25) is 0 Å². The van der Waals surface area contributed by atoms with Crippen molar-refractivity contribution in [3.05, 3.63) is 23.8 Å². The van der Waals surface area contributed by atoms with E-state index >= 15 is 0 Å². The molecule has 0 heterocycles. The number of hydrogen-bond acceptors (Lipinski definition) is 1. The molecule has 0 aromatic heterocycles. The van der Waals surface area contributed by atoms with Crippen molar-refractivity contribution in [3.63, 3.8) is 0 Å². The first-order valence-electron chi connectivity index (χ1n) is 13.9. The second-order valence-electron chi connectivity index (χ2n) is 14.4. The van der Waals surface area contributed by atoms with Gasteiger partial charge in [0.05, 0.1) is 6.10 Å². The van der Waals surface area contributed by atoms with Crippen molar-refractivity contribution in [2.75, 3.05) is 0 Å². The molecule has 0 aromatic rings. The van der Waals surface area contributed by atoms with E-state index < -0.39 is 0 Å². The molecule has 5 rings (SSSR count). The number of fused-ring (bicyclic) bond motifs is 2. The Balaban J connectivity index is 1.43. The summed E-state index contributed by atoms with van der Waals surface area (Å²) >= 11 is 0. The van der Waals surface area contributed by atoms with Gasteiger partial charge in [0, 0.05) is 0 Å². The van der Waals surface area contributed by atoms with E-state index in [0.717, 1.165) is 30.6 Å². The smallest absolute Gasteiger partial charge is 0.0594 e. The zero-order chi connectivity index (χ0) is 23.3. The Labute approximate surface area is 198 Å². The van der Waals surface area contributed by atoms with Crippen LogP contribution in [0.3, 0.4) is 0 Å². The van der Waals surface area contributed by atoms with Crippen LogP contribution in [0.25, 0.3) is 0 Å². The van der Waals surface area contributed by atoms with Gasteiger partial charge in [0.25, 0.3) is 0 Å². The molecular formula is C31H50O. The number of aliphatic hydroxyl groups excluding tert-OH is 1. The summed E-state index contributed by atoms with van der Waals surface area (Å²) in [6.07, 6.45) is 15.9. The second kappa shape index (κ2) is 6.99. The minimum atomic E-state index is -0.0954. The molecule has 1 N–H and O–H groups in total. The topological polar surface area (TPSA) is 20.2 Å². The van der Waals surface area contributed by atoms with E-state index in [1.54, 1.807) is 5.57 Å². The van der Waals surface area contributed by atoms with E-state index in [4.69, 9.17) is 0 Å². The Morgan fingerprint density at radius 1 is 0.906 bits per heavy atom. The van der Waals surface area contributed by atoms with Gasteiger partial charge in [-0.1, -0.05) is 58.4 Å². The third-order valence-corrected chi connectivity index (χ3v) is 13.3. The highest BCUT2D eigenvalue weighted by Gasteiger charge is 2.82. The maximum atomic E-state index is 10.9. The predicted molar refractivity (Wildman–Crippen MR) is 135 cm³/mol. The molecule has 0 bridgehead atoms. The lowest BCUT2D eigenvalue weighted by Gasteiger charge is -2.63. The zero-order valence-corrected chi connectivity index (χ0v) is 22.2. The van der Waals surface area contributed by atoms with Gasteiger partial charge in [-0.2, -0.15) is 0 Å². The lowest BCUT2D eigenvalue weighted by atomic mass is 9.42. The van der Waals surface area contributed by atoms with E-state index in [2.05, 4.69) is 61.1 Å². The van der Waals surface area contributed by atoms with Crippen LogP contribution in [0.4, 0.5) is 0 Å². The molecule has 1 nitrogen and oxygen atoms in total. The van der Waals surface area contributed by atoms with E-state index in [-0.39, 0.29) is 11.5 Å². The minimum Gasteiger partial charge on any atom is -0.393 e. The molecule has 9 atom stereocenters. The van der Waals surface area contributed by atoms with Crippen LogP contribution < -0.4 is 0 Å². The van der Waals surface area contributed by atoms with Crippen molar-refractivity contribution < 1.29 is 5.11 Å². The van der Waals surface area contributed by atoms with E-state index in [0.29, 0.717) is 27.6 Å². The summed E-state index contributed by atoms with van der Waals surface area (Å²) in [5.74, 6) is 3.00. The van der Waals surface area contributed by atoms with Crippen LogP contribution in [0.1, 0.15) is 113 Å². The number of hydrogen-bond donors (Lipinski definition) is 1. The van der Waals surface area contributed by atoms with Crippen LogP contribution in [0.5, 0.6) is 0 Å². The minimum absolute atomic E-state index is 0.0954. The average molecular weight is 439 g/mol. The fourth-order valence-corrected chi connectivity index (χ4v) is 10.8. The molecule has 0 aromatic carbocycles. The molecule has 0 aliphatic heterocycles. The van der Waals surface area contributed by atoms with E-state index in [9.17, 15) is 5.11 Å². The molecule has 9 unspecified atom stereocenters. The Hall–Kier alpha value is -0.560. The van der Waals surface area contributed by atoms with Crippen LogP contribution in [0.15, 0.2) is 23.8 Å². The van der Waals surface area contributed by atoms with Crippen LogP contribution in [-0.2, 0) is 0 Å². The Morgan fingerprint density at radius 3 is 2.25 bits per heavy atom. The van der Waals surface area contributed by atoms with Crippen molar-refractivity contribution in [1.29, 1.82) is 0 Å². The molecule has 5 saturated carbocycles. The summed E-state index contributed by atoms with van der Waals surface area (Å²) in [6, 6.07) is 0. The molecule has 32 heavy (non-hydrogen) atoms. The lowest BCUT2D eigenvalue weighted by Crippen LogP contribution is -2.57. The average Bonchev–Trinajstić information content (AvgIpc) is 3.31. The maximum Gasteiger partial charge on any atom is 0.0594 e. The van der Waals surface area contributed by atoms with Gasteiger partial charge < -0.3 is 5.11 Å². The molecule has 5 aliphatic carbocycles. The summed E-state index contributed by atoms with van der Waals surface area (Å²) in [7, 11) is 0. The van der Waals surface area contributed by atoms with Crippen molar-refractivity contribution in [2.24, 2.45) is 50.7 Å². The van der Waals surface area contributed by atoms with Gasteiger partial charge in [0.15, 0.2) is 0 Å². The van der Waals surface area contributed by atoms with Gasteiger partial charge in [-0.3, -0.25) is 0 Å². The third kappa shape index (κ3) is 2.67. The summed E-state index contributed by atoms with van der Waals surface area (Å²) in [5, 5.41) is 10.9. The molecule has 5 aliphatic rings. The molecule has 180 valence electrons. The summed E-state index contributed by atoms with van der Waals surface area (Å²) in [6.45, 7) is 21.3. The lowest BCUT2D eigenvalue weighted by molar-refractivity contribution is -0.157.